The minimum atomic E-state index is -4.27. The van der Waals surface area contributed by atoms with Crippen LogP contribution < -0.4 is 0 Å². The third-order valence-corrected chi connectivity index (χ3v) is 5.60. The predicted octanol–water partition coefficient (Wildman–Crippen LogP) is 2.36. The maximum absolute atomic E-state index is 12.8. The summed E-state index contributed by atoms with van der Waals surface area (Å²) >= 11 is 0. The van der Waals surface area contributed by atoms with Gasteiger partial charge in [0.1, 0.15) is 0 Å². The van der Waals surface area contributed by atoms with E-state index in [4.69, 9.17) is 0 Å². The average Bonchev–Trinajstić information content (AvgIpc) is 2.08. The molecule has 0 aliphatic heterocycles. The van der Waals surface area contributed by atoms with Crippen molar-refractivity contribution in [3.63, 3.8) is 0 Å². The zero-order valence-corrected chi connectivity index (χ0v) is 9.55. The molecule has 0 saturated heterocycles. The SMILES string of the molecule is O=S(=O)(F)CC1C2CC3CC(C2)CC1C3. The summed E-state index contributed by atoms with van der Waals surface area (Å²) in [5.41, 5.74) is 0. The lowest BCUT2D eigenvalue weighted by Gasteiger charge is -2.54. The van der Waals surface area contributed by atoms with Crippen molar-refractivity contribution in [3.8, 4) is 0 Å². The standard InChI is InChI=1S/C11H17FO2S/c12-15(13,14)6-11-9-2-7-1-8(4-9)5-10(11)3-7/h7-11H,1-6H2. The van der Waals surface area contributed by atoms with Gasteiger partial charge in [0.15, 0.2) is 0 Å². The van der Waals surface area contributed by atoms with Gasteiger partial charge in [0.25, 0.3) is 0 Å². The van der Waals surface area contributed by atoms with Crippen LogP contribution in [0.3, 0.4) is 0 Å². The van der Waals surface area contributed by atoms with E-state index in [-0.39, 0.29) is 11.7 Å². The third kappa shape index (κ3) is 1.81. The monoisotopic (exact) mass is 232 g/mol. The zero-order valence-electron chi connectivity index (χ0n) is 8.73. The molecule has 0 aromatic heterocycles. The Labute approximate surface area is 90.5 Å². The maximum Gasteiger partial charge on any atom is 0.302 e. The first-order valence-corrected chi connectivity index (χ1v) is 7.49. The molecule has 0 spiro atoms. The highest BCUT2D eigenvalue weighted by molar-refractivity contribution is 7.86. The Morgan fingerprint density at radius 2 is 1.40 bits per heavy atom. The summed E-state index contributed by atoms with van der Waals surface area (Å²) in [5, 5.41) is 0. The van der Waals surface area contributed by atoms with Crippen LogP contribution in [0.25, 0.3) is 0 Å². The van der Waals surface area contributed by atoms with Crippen molar-refractivity contribution in [1.82, 2.24) is 0 Å². The summed E-state index contributed by atoms with van der Waals surface area (Å²) < 4.78 is 34.3. The predicted molar refractivity (Wildman–Crippen MR) is 55.4 cm³/mol. The Kier molecular flexibility index (Phi) is 2.14. The van der Waals surface area contributed by atoms with Gasteiger partial charge < -0.3 is 0 Å². The van der Waals surface area contributed by atoms with E-state index in [1.165, 1.54) is 6.42 Å². The quantitative estimate of drug-likeness (QED) is 0.685. The molecule has 0 N–H and O–H groups in total. The van der Waals surface area contributed by atoms with E-state index in [1.807, 2.05) is 0 Å². The third-order valence-electron chi connectivity index (χ3n) is 4.81. The second kappa shape index (κ2) is 3.19. The fraction of sp³-hybridized carbons (Fsp3) is 1.00. The average molecular weight is 232 g/mol. The lowest BCUT2D eigenvalue weighted by Crippen LogP contribution is -2.47. The molecule has 4 fully saturated rings. The minimum Gasteiger partial charge on any atom is -0.195 e. The van der Waals surface area contributed by atoms with Gasteiger partial charge in [0.2, 0.25) is 0 Å². The summed E-state index contributed by atoms with van der Waals surface area (Å²) in [4.78, 5) is 0. The van der Waals surface area contributed by atoms with Crippen molar-refractivity contribution in [2.45, 2.75) is 32.1 Å². The first-order chi connectivity index (χ1) is 7.01. The van der Waals surface area contributed by atoms with Gasteiger partial charge in [-0.05, 0) is 61.7 Å². The molecule has 4 saturated carbocycles. The van der Waals surface area contributed by atoms with Crippen molar-refractivity contribution in [1.29, 1.82) is 0 Å². The zero-order chi connectivity index (χ0) is 10.6. The number of hydrogen-bond acceptors (Lipinski definition) is 2. The Morgan fingerprint density at radius 1 is 0.933 bits per heavy atom. The molecule has 4 rings (SSSR count). The van der Waals surface area contributed by atoms with Gasteiger partial charge >= 0.3 is 10.2 Å². The highest BCUT2D eigenvalue weighted by Crippen LogP contribution is 2.56. The van der Waals surface area contributed by atoms with Crippen LogP contribution in [0.4, 0.5) is 3.89 Å². The number of rotatable bonds is 2. The van der Waals surface area contributed by atoms with E-state index < -0.39 is 10.2 Å². The number of hydrogen-bond donors (Lipinski definition) is 0. The molecular weight excluding hydrogens is 215 g/mol. The molecule has 86 valence electrons. The summed E-state index contributed by atoms with van der Waals surface area (Å²) in [6, 6.07) is 0. The molecule has 2 nitrogen and oxygen atoms in total. The molecule has 0 aromatic rings. The Bertz CT molecular complexity index is 335. The topological polar surface area (TPSA) is 34.1 Å². The Morgan fingerprint density at radius 3 is 1.80 bits per heavy atom. The molecule has 0 radical (unpaired) electrons. The van der Waals surface area contributed by atoms with Crippen molar-refractivity contribution in [3.05, 3.63) is 0 Å². The van der Waals surface area contributed by atoms with Crippen LogP contribution >= 0.6 is 0 Å². The van der Waals surface area contributed by atoms with Crippen molar-refractivity contribution in [2.24, 2.45) is 29.6 Å². The molecular formula is C11H17FO2S. The van der Waals surface area contributed by atoms with Gasteiger partial charge in [-0.15, -0.1) is 3.89 Å². The van der Waals surface area contributed by atoms with E-state index in [9.17, 15) is 12.3 Å². The fourth-order valence-corrected chi connectivity index (χ4v) is 5.54. The lowest BCUT2D eigenvalue weighted by atomic mass is 9.52. The smallest absolute Gasteiger partial charge is 0.195 e. The van der Waals surface area contributed by atoms with E-state index in [0.29, 0.717) is 11.8 Å². The molecule has 4 heteroatoms. The van der Waals surface area contributed by atoms with E-state index in [0.717, 1.165) is 37.5 Å². The fourth-order valence-electron chi connectivity index (χ4n) is 4.54. The molecule has 4 aliphatic carbocycles. The minimum absolute atomic E-state index is 0.132. The Balaban J connectivity index is 1.80. The first kappa shape index (κ1) is 10.1. The highest BCUT2D eigenvalue weighted by atomic mass is 32.3. The maximum atomic E-state index is 12.8. The molecule has 0 atom stereocenters. The summed E-state index contributed by atoms with van der Waals surface area (Å²) in [6.45, 7) is 0. The van der Waals surface area contributed by atoms with Gasteiger partial charge in [0, 0.05) is 0 Å². The van der Waals surface area contributed by atoms with Gasteiger partial charge in [-0.3, -0.25) is 0 Å². The van der Waals surface area contributed by atoms with Crippen LogP contribution in [0.1, 0.15) is 32.1 Å². The molecule has 0 unspecified atom stereocenters. The summed E-state index contributed by atoms with van der Waals surface area (Å²) in [7, 11) is -4.27. The van der Waals surface area contributed by atoms with E-state index in [1.54, 1.807) is 0 Å². The number of halogens is 1. The van der Waals surface area contributed by atoms with Crippen molar-refractivity contribution >= 4 is 10.2 Å². The normalized spacial score (nSPS) is 48.5. The van der Waals surface area contributed by atoms with E-state index in [2.05, 4.69) is 0 Å². The van der Waals surface area contributed by atoms with Crippen molar-refractivity contribution < 1.29 is 12.3 Å². The van der Waals surface area contributed by atoms with Gasteiger partial charge in [0.05, 0.1) is 5.75 Å². The molecule has 4 aliphatic rings. The van der Waals surface area contributed by atoms with Crippen LogP contribution in [0.2, 0.25) is 0 Å². The van der Waals surface area contributed by atoms with Gasteiger partial charge in [-0.1, -0.05) is 0 Å². The van der Waals surface area contributed by atoms with Crippen LogP contribution in [-0.4, -0.2) is 14.2 Å². The van der Waals surface area contributed by atoms with Gasteiger partial charge in [-0.2, -0.15) is 8.42 Å². The Hall–Kier alpha value is -0.120. The molecule has 4 bridgehead atoms. The molecule has 15 heavy (non-hydrogen) atoms. The summed E-state index contributed by atoms with van der Waals surface area (Å²) in [6.07, 6.45) is 5.99. The second-order valence-corrected chi connectivity index (χ2v) is 7.21. The van der Waals surface area contributed by atoms with Crippen LogP contribution in [0.5, 0.6) is 0 Å². The van der Waals surface area contributed by atoms with Crippen LogP contribution in [0.15, 0.2) is 0 Å². The lowest BCUT2D eigenvalue weighted by molar-refractivity contribution is -0.0270. The van der Waals surface area contributed by atoms with Crippen LogP contribution in [-0.2, 0) is 10.2 Å². The molecule has 0 amide bonds. The second-order valence-electron chi connectivity index (χ2n) is 5.80. The molecule has 0 heterocycles. The van der Waals surface area contributed by atoms with Crippen molar-refractivity contribution in [2.75, 3.05) is 5.75 Å². The largest absolute Gasteiger partial charge is 0.302 e. The van der Waals surface area contributed by atoms with E-state index >= 15 is 0 Å². The highest BCUT2D eigenvalue weighted by Gasteiger charge is 2.49. The van der Waals surface area contributed by atoms with Crippen LogP contribution in [0, 0.1) is 29.6 Å². The van der Waals surface area contributed by atoms with Gasteiger partial charge in [-0.25, -0.2) is 0 Å². The first-order valence-electron chi connectivity index (χ1n) is 5.93. The molecule has 0 aromatic carbocycles. The summed E-state index contributed by atoms with van der Waals surface area (Å²) in [5.74, 6) is 2.59.